The molecule has 1 atom stereocenters. The first kappa shape index (κ1) is 12.0. The van der Waals surface area contributed by atoms with Gasteiger partial charge in [0, 0.05) is 18.8 Å². The van der Waals surface area contributed by atoms with Crippen LogP contribution in [0.5, 0.6) is 0 Å². The summed E-state index contributed by atoms with van der Waals surface area (Å²) in [4.78, 5) is 12.1. The lowest BCUT2D eigenvalue weighted by Gasteiger charge is -2.11. The van der Waals surface area contributed by atoms with Gasteiger partial charge >= 0.3 is 0 Å². The fraction of sp³-hybridized carbons (Fsp3) is 0.500. The first-order valence-corrected chi connectivity index (χ1v) is 6.03. The molecule has 1 fully saturated rings. The molecule has 2 rings (SSSR count). The number of benzene rings is 1. The maximum absolute atomic E-state index is 12.1. The lowest BCUT2D eigenvalue weighted by Crippen LogP contribution is -2.28. The quantitative estimate of drug-likeness (QED) is 0.841. The first-order chi connectivity index (χ1) is 7.94. The third-order valence-corrected chi connectivity index (χ3v) is 3.51. The van der Waals surface area contributed by atoms with Crippen LogP contribution in [-0.4, -0.2) is 19.0 Å². The maximum atomic E-state index is 12.1. The van der Waals surface area contributed by atoms with Gasteiger partial charge in [-0.1, -0.05) is 19.9 Å². The van der Waals surface area contributed by atoms with Crippen molar-refractivity contribution in [2.45, 2.75) is 33.2 Å². The molecule has 1 unspecified atom stereocenters. The van der Waals surface area contributed by atoms with Crippen molar-refractivity contribution in [3.8, 4) is 0 Å². The van der Waals surface area contributed by atoms with Crippen LogP contribution in [0.1, 0.15) is 36.2 Å². The molecule has 17 heavy (non-hydrogen) atoms. The van der Waals surface area contributed by atoms with Gasteiger partial charge in [-0.25, -0.2) is 0 Å². The highest BCUT2D eigenvalue weighted by atomic mass is 16.1. The Labute approximate surface area is 103 Å². The Balaban J connectivity index is 2.14. The van der Waals surface area contributed by atoms with Gasteiger partial charge in [0.15, 0.2) is 0 Å². The summed E-state index contributed by atoms with van der Waals surface area (Å²) in [5.74, 6) is 0.0184. The highest BCUT2D eigenvalue weighted by Crippen LogP contribution is 2.44. The molecule has 0 aliphatic heterocycles. The molecule has 3 heteroatoms. The molecule has 0 saturated heterocycles. The fourth-order valence-electron chi connectivity index (χ4n) is 2.01. The number of aryl methyl sites for hydroxylation is 1. The van der Waals surface area contributed by atoms with Crippen molar-refractivity contribution in [2.75, 3.05) is 12.4 Å². The first-order valence-electron chi connectivity index (χ1n) is 6.03. The van der Waals surface area contributed by atoms with E-state index in [0.29, 0.717) is 6.04 Å². The minimum Gasteiger partial charge on any atom is -0.387 e. The normalized spacial score (nSPS) is 20.8. The smallest absolute Gasteiger partial charge is 0.253 e. The van der Waals surface area contributed by atoms with Crippen molar-refractivity contribution >= 4 is 11.6 Å². The van der Waals surface area contributed by atoms with Crippen LogP contribution in [0.3, 0.4) is 0 Å². The average molecular weight is 232 g/mol. The van der Waals surface area contributed by atoms with Crippen LogP contribution < -0.4 is 10.6 Å². The van der Waals surface area contributed by atoms with Gasteiger partial charge in [0.2, 0.25) is 0 Å². The summed E-state index contributed by atoms with van der Waals surface area (Å²) >= 11 is 0. The number of anilines is 1. The van der Waals surface area contributed by atoms with Crippen LogP contribution in [0, 0.1) is 12.3 Å². The van der Waals surface area contributed by atoms with E-state index in [4.69, 9.17) is 0 Å². The van der Waals surface area contributed by atoms with Gasteiger partial charge in [0.25, 0.3) is 5.91 Å². The zero-order valence-corrected chi connectivity index (χ0v) is 10.9. The molecule has 1 aliphatic rings. The minimum absolute atomic E-state index is 0.0184. The molecule has 0 heterocycles. The summed E-state index contributed by atoms with van der Waals surface area (Å²) in [7, 11) is 1.84. The van der Waals surface area contributed by atoms with E-state index in [1.807, 2.05) is 32.2 Å². The second-order valence-corrected chi connectivity index (χ2v) is 5.52. The standard InChI is InChI=1S/C14H20N2O/c1-9-5-6-10(11(7-9)15-4)13(17)16-12-8-14(12,2)3/h5-7,12,15H,8H2,1-4H3,(H,16,17). The molecule has 1 saturated carbocycles. The molecule has 0 bridgehead atoms. The summed E-state index contributed by atoms with van der Waals surface area (Å²) in [6, 6.07) is 6.16. The highest BCUT2D eigenvalue weighted by molar-refractivity contribution is 6.00. The number of rotatable bonds is 3. The van der Waals surface area contributed by atoms with Gasteiger partial charge in [-0.2, -0.15) is 0 Å². The topological polar surface area (TPSA) is 41.1 Å². The van der Waals surface area contributed by atoms with E-state index in [2.05, 4.69) is 24.5 Å². The average Bonchev–Trinajstić information content (AvgIpc) is 2.85. The van der Waals surface area contributed by atoms with Crippen LogP contribution in [0.25, 0.3) is 0 Å². The van der Waals surface area contributed by atoms with Gasteiger partial charge in [0.05, 0.1) is 5.56 Å². The van der Waals surface area contributed by atoms with E-state index in [1.165, 1.54) is 0 Å². The second kappa shape index (κ2) is 4.06. The Hall–Kier alpha value is -1.51. The van der Waals surface area contributed by atoms with Gasteiger partial charge in [-0.15, -0.1) is 0 Å². The van der Waals surface area contributed by atoms with E-state index >= 15 is 0 Å². The van der Waals surface area contributed by atoms with Crippen molar-refractivity contribution in [1.29, 1.82) is 0 Å². The highest BCUT2D eigenvalue weighted by Gasteiger charge is 2.46. The SMILES string of the molecule is CNc1cc(C)ccc1C(=O)NC1CC1(C)C. The van der Waals surface area contributed by atoms with Crippen LogP contribution >= 0.6 is 0 Å². The molecule has 1 aliphatic carbocycles. The largest absolute Gasteiger partial charge is 0.387 e. The molecule has 1 aromatic rings. The van der Waals surface area contributed by atoms with Gasteiger partial charge < -0.3 is 10.6 Å². The van der Waals surface area contributed by atoms with Crippen molar-refractivity contribution in [3.63, 3.8) is 0 Å². The molecule has 3 nitrogen and oxygen atoms in total. The van der Waals surface area contributed by atoms with Crippen LogP contribution in [0.2, 0.25) is 0 Å². The minimum atomic E-state index is 0.0184. The summed E-state index contributed by atoms with van der Waals surface area (Å²) in [5.41, 5.74) is 3.03. The molecule has 92 valence electrons. The summed E-state index contributed by atoms with van der Waals surface area (Å²) in [6.07, 6.45) is 1.07. The van der Waals surface area contributed by atoms with E-state index in [1.54, 1.807) is 0 Å². The predicted octanol–water partition coefficient (Wildman–Crippen LogP) is 2.57. The van der Waals surface area contributed by atoms with E-state index in [0.717, 1.165) is 23.2 Å². The van der Waals surface area contributed by atoms with Gasteiger partial charge in [-0.05, 0) is 36.5 Å². The predicted molar refractivity (Wildman–Crippen MR) is 70.4 cm³/mol. The lowest BCUT2D eigenvalue weighted by molar-refractivity contribution is 0.0947. The van der Waals surface area contributed by atoms with E-state index in [9.17, 15) is 4.79 Å². The molecule has 0 aromatic heterocycles. The monoisotopic (exact) mass is 232 g/mol. The molecule has 0 spiro atoms. The molecular weight excluding hydrogens is 212 g/mol. The van der Waals surface area contributed by atoms with E-state index in [-0.39, 0.29) is 11.3 Å². The van der Waals surface area contributed by atoms with Crippen molar-refractivity contribution < 1.29 is 4.79 Å². The second-order valence-electron chi connectivity index (χ2n) is 5.52. The lowest BCUT2D eigenvalue weighted by atomic mass is 10.1. The van der Waals surface area contributed by atoms with Crippen molar-refractivity contribution in [3.05, 3.63) is 29.3 Å². The third kappa shape index (κ3) is 2.43. The van der Waals surface area contributed by atoms with Gasteiger partial charge in [-0.3, -0.25) is 4.79 Å². The fourth-order valence-corrected chi connectivity index (χ4v) is 2.01. The number of nitrogens with one attached hydrogen (secondary N) is 2. The Kier molecular flexibility index (Phi) is 2.86. The number of carbonyl (C=O) groups excluding carboxylic acids is 1. The number of hydrogen-bond acceptors (Lipinski definition) is 2. The number of hydrogen-bond donors (Lipinski definition) is 2. The van der Waals surface area contributed by atoms with E-state index < -0.39 is 0 Å². The van der Waals surface area contributed by atoms with Gasteiger partial charge in [0.1, 0.15) is 0 Å². The maximum Gasteiger partial charge on any atom is 0.253 e. The Morgan fingerprint density at radius 3 is 2.59 bits per heavy atom. The summed E-state index contributed by atoms with van der Waals surface area (Å²) in [6.45, 7) is 6.37. The zero-order valence-electron chi connectivity index (χ0n) is 10.9. The van der Waals surface area contributed by atoms with Crippen molar-refractivity contribution in [2.24, 2.45) is 5.41 Å². The Bertz CT molecular complexity index is 452. The number of carbonyl (C=O) groups is 1. The molecule has 2 N–H and O–H groups in total. The summed E-state index contributed by atoms with van der Waals surface area (Å²) in [5, 5.41) is 6.15. The van der Waals surface area contributed by atoms with Crippen LogP contribution in [0.4, 0.5) is 5.69 Å². The number of amides is 1. The van der Waals surface area contributed by atoms with Crippen LogP contribution in [0.15, 0.2) is 18.2 Å². The Morgan fingerprint density at radius 2 is 2.06 bits per heavy atom. The molecular formula is C14H20N2O. The van der Waals surface area contributed by atoms with Crippen molar-refractivity contribution in [1.82, 2.24) is 5.32 Å². The molecule has 1 amide bonds. The third-order valence-electron chi connectivity index (χ3n) is 3.51. The Morgan fingerprint density at radius 1 is 1.41 bits per heavy atom. The summed E-state index contributed by atoms with van der Waals surface area (Å²) < 4.78 is 0. The van der Waals surface area contributed by atoms with Crippen LogP contribution in [-0.2, 0) is 0 Å². The molecule has 1 aromatic carbocycles. The zero-order chi connectivity index (χ0) is 12.6. The molecule has 0 radical (unpaired) electrons.